The zero-order valence-corrected chi connectivity index (χ0v) is 12.4. The molecule has 3 rings (SSSR count). The van der Waals surface area contributed by atoms with Crippen molar-refractivity contribution in [3.8, 4) is 5.75 Å². The topological polar surface area (TPSA) is 37.9 Å². The third kappa shape index (κ3) is 2.75. The van der Waals surface area contributed by atoms with Crippen LogP contribution in [-0.2, 0) is 19.3 Å². The SMILES string of the molecule is COc1ccc(Cc2nc(=S)c3c([nH]2)CCCC3)cc1. The molecule has 0 saturated carbocycles. The first-order chi connectivity index (χ1) is 9.76. The number of aromatic amines is 1. The number of benzene rings is 1. The lowest BCUT2D eigenvalue weighted by Crippen LogP contribution is -2.10. The van der Waals surface area contributed by atoms with Gasteiger partial charge in [0.1, 0.15) is 16.2 Å². The van der Waals surface area contributed by atoms with Gasteiger partial charge in [0.15, 0.2) is 0 Å². The number of rotatable bonds is 3. The van der Waals surface area contributed by atoms with Crippen LogP contribution >= 0.6 is 12.2 Å². The number of nitrogens with zero attached hydrogens (tertiary/aromatic N) is 1. The molecule has 0 fully saturated rings. The van der Waals surface area contributed by atoms with Crippen molar-refractivity contribution in [3.63, 3.8) is 0 Å². The Morgan fingerprint density at radius 1 is 1.20 bits per heavy atom. The molecule has 0 atom stereocenters. The minimum Gasteiger partial charge on any atom is -0.497 e. The molecular formula is C16H18N2OS. The first-order valence-electron chi connectivity index (χ1n) is 7.00. The Hall–Kier alpha value is -1.68. The zero-order chi connectivity index (χ0) is 13.9. The Labute approximate surface area is 124 Å². The van der Waals surface area contributed by atoms with E-state index in [1.54, 1.807) is 7.11 Å². The minimum absolute atomic E-state index is 0.779. The molecule has 0 saturated heterocycles. The molecule has 2 aromatic rings. The molecule has 1 aromatic carbocycles. The second-order valence-corrected chi connectivity index (χ2v) is 5.56. The molecule has 1 aromatic heterocycles. The second-order valence-electron chi connectivity index (χ2n) is 5.18. The highest BCUT2D eigenvalue weighted by molar-refractivity contribution is 7.71. The van der Waals surface area contributed by atoms with Crippen LogP contribution in [0.2, 0.25) is 0 Å². The summed E-state index contributed by atoms with van der Waals surface area (Å²) in [6.07, 6.45) is 5.41. The van der Waals surface area contributed by atoms with E-state index in [0.717, 1.165) is 35.5 Å². The Kier molecular flexibility index (Phi) is 3.83. The molecule has 3 nitrogen and oxygen atoms in total. The molecule has 20 heavy (non-hydrogen) atoms. The molecule has 1 heterocycles. The third-order valence-corrected chi connectivity index (χ3v) is 4.13. The Morgan fingerprint density at radius 2 is 1.95 bits per heavy atom. The van der Waals surface area contributed by atoms with Crippen molar-refractivity contribution in [1.82, 2.24) is 9.97 Å². The normalized spacial score (nSPS) is 13.8. The van der Waals surface area contributed by atoms with E-state index in [1.165, 1.54) is 29.7 Å². The summed E-state index contributed by atoms with van der Waals surface area (Å²) >= 11 is 5.43. The highest BCUT2D eigenvalue weighted by Gasteiger charge is 2.13. The van der Waals surface area contributed by atoms with Crippen LogP contribution < -0.4 is 4.74 Å². The van der Waals surface area contributed by atoms with Crippen LogP contribution in [0.25, 0.3) is 0 Å². The maximum Gasteiger partial charge on any atom is 0.133 e. The average Bonchev–Trinajstić information content (AvgIpc) is 2.48. The van der Waals surface area contributed by atoms with Gasteiger partial charge in [-0.1, -0.05) is 24.4 Å². The van der Waals surface area contributed by atoms with Crippen molar-refractivity contribution in [2.24, 2.45) is 0 Å². The fourth-order valence-corrected chi connectivity index (χ4v) is 3.03. The van der Waals surface area contributed by atoms with Gasteiger partial charge < -0.3 is 9.72 Å². The largest absolute Gasteiger partial charge is 0.497 e. The van der Waals surface area contributed by atoms with E-state index < -0.39 is 0 Å². The van der Waals surface area contributed by atoms with Crippen LogP contribution in [0.5, 0.6) is 5.75 Å². The van der Waals surface area contributed by atoms with Crippen LogP contribution in [0.3, 0.4) is 0 Å². The van der Waals surface area contributed by atoms with Crippen LogP contribution in [0.4, 0.5) is 0 Å². The van der Waals surface area contributed by atoms with Gasteiger partial charge in [0.25, 0.3) is 0 Å². The summed E-state index contributed by atoms with van der Waals surface area (Å²) in [4.78, 5) is 8.03. The fraction of sp³-hybridized carbons (Fsp3) is 0.375. The maximum absolute atomic E-state index is 5.43. The van der Waals surface area contributed by atoms with Crippen molar-refractivity contribution in [2.75, 3.05) is 7.11 Å². The van der Waals surface area contributed by atoms with Gasteiger partial charge in [-0.2, -0.15) is 0 Å². The van der Waals surface area contributed by atoms with Crippen LogP contribution in [0.15, 0.2) is 24.3 Å². The van der Waals surface area contributed by atoms with E-state index in [2.05, 4.69) is 22.1 Å². The number of ether oxygens (including phenoxy) is 1. The van der Waals surface area contributed by atoms with Gasteiger partial charge >= 0.3 is 0 Å². The van der Waals surface area contributed by atoms with Crippen molar-refractivity contribution < 1.29 is 4.74 Å². The summed E-state index contributed by atoms with van der Waals surface area (Å²) in [6, 6.07) is 8.08. The summed E-state index contributed by atoms with van der Waals surface area (Å²) < 4.78 is 5.95. The van der Waals surface area contributed by atoms with Gasteiger partial charge in [0.2, 0.25) is 0 Å². The molecule has 0 bridgehead atoms. The molecule has 1 aliphatic rings. The molecule has 0 amide bonds. The number of H-pyrrole nitrogens is 1. The second kappa shape index (κ2) is 5.75. The summed E-state index contributed by atoms with van der Waals surface area (Å²) in [6.45, 7) is 0. The van der Waals surface area contributed by atoms with Crippen LogP contribution in [0, 0.1) is 4.64 Å². The van der Waals surface area contributed by atoms with Gasteiger partial charge in [-0.25, -0.2) is 4.98 Å². The molecule has 0 aliphatic heterocycles. The summed E-state index contributed by atoms with van der Waals surface area (Å²) in [7, 11) is 1.68. The quantitative estimate of drug-likeness (QED) is 0.876. The van der Waals surface area contributed by atoms with Gasteiger partial charge in [-0.3, -0.25) is 0 Å². The number of hydrogen-bond donors (Lipinski definition) is 1. The number of aromatic nitrogens is 2. The molecular weight excluding hydrogens is 268 g/mol. The molecule has 1 N–H and O–H groups in total. The van der Waals surface area contributed by atoms with Gasteiger partial charge in [0.05, 0.1) is 7.11 Å². The number of aryl methyl sites for hydroxylation is 1. The van der Waals surface area contributed by atoms with Crippen molar-refractivity contribution in [3.05, 3.63) is 51.6 Å². The Balaban J connectivity index is 1.87. The first kappa shape index (κ1) is 13.3. The van der Waals surface area contributed by atoms with E-state index in [9.17, 15) is 0 Å². The third-order valence-electron chi connectivity index (χ3n) is 3.79. The fourth-order valence-electron chi connectivity index (χ4n) is 2.69. The minimum atomic E-state index is 0.779. The predicted octanol–water partition coefficient (Wildman–Crippen LogP) is 3.62. The highest BCUT2D eigenvalue weighted by Crippen LogP contribution is 2.21. The number of methoxy groups -OCH3 is 1. The molecule has 0 radical (unpaired) electrons. The van der Waals surface area contributed by atoms with Gasteiger partial charge in [-0.05, 0) is 43.4 Å². The Bertz CT molecular complexity index is 661. The first-order valence-corrected chi connectivity index (χ1v) is 7.41. The summed E-state index contributed by atoms with van der Waals surface area (Å²) in [5.41, 5.74) is 3.75. The molecule has 0 unspecified atom stereocenters. The monoisotopic (exact) mass is 286 g/mol. The zero-order valence-electron chi connectivity index (χ0n) is 11.6. The molecule has 104 valence electrons. The number of fused-ring (bicyclic) bond motifs is 1. The maximum atomic E-state index is 5.43. The van der Waals surface area contributed by atoms with E-state index in [4.69, 9.17) is 17.0 Å². The van der Waals surface area contributed by atoms with Crippen LogP contribution in [-0.4, -0.2) is 17.1 Å². The molecule has 0 spiro atoms. The Morgan fingerprint density at radius 3 is 2.70 bits per heavy atom. The summed E-state index contributed by atoms with van der Waals surface area (Å²) in [5.74, 6) is 1.83. The standard InChI is InChI=1S/C16H18N2OS/c1-19-12-8-6-11(7-9-12)10-15-17-14-5-3-2-4-13(14)16(20)18-15/h6-9H,2-5,10H2,1H3,(H,17,18,20). The lowest BCUT2D eigenvalue weighted by molar-refractivity contribution is 0.414. The van der Waals surface area contributed by atoms with E-state index >= 15 is 0 Å². The van der Waals surface area contributed by atoms with E-state index in [-0.39, 0.29) is 0 Å². The van der Waals surface area contributed by atoms with Gasteiger partial charge in [-0.15, -0.1) is 0 Å². The molecule has 4 heteroatoms. The van der Waals surface area contributed by atoms with Crippen molar-refractivity contribution in [2.45, 2.75) is 32.1 Å². The van der Waals surface area contributed by atoms with Crippen molar-refractivity contribution >= 4 is 12.2 Å². The number of nitrogens with one attached hydrogen (secondary N) is 1. The van der Waals surface area contributed by atoms with E-state index in [0.29, 0.717) is 0 Å². The lowest BCUT2D eigenvalue weighted by Gasteiger charge is -2.16. The highest BCUT2D eigenvalue weighted by atomic mass is 32.1. The van der Waals surface area contributed by atoms with Gasteiger partial charge in [0, 0.05) is 17.7 Å². The van der Waals surface area contributed by atoms with E-state index in [1.807, 2.05) is 12.1 Å². The van der Waals surface area contributed by atoms with Crippen molar-refractivity contribution in [1.29, 1.82) is 0 Å². The molecule has 1 aliphatic carbocycles. The number of hydrogen-bond acceptors (Lipinski definition) is 3. The summed E-state index contributed by atoms with van der Waals surface area (Å²) in [5, 5.41) is 0. The average molecular weight is 286 g/mol. The van der Waals surface area contributed by atoms with Crippen LogP contribution in [0.1, 0.15) is 35.5 Å². The smallest absolute Gasteiger partial charge is 0.133 e. The lowest BCUT2D eigenvalue weighted by atomic mass is 9.97. The predicted molar refractivity (Wildman–Crippen MR) is 81.9 cm³/mol.